The monoisotopic (exact) mass is 474 g/mol. The Labute approximate surface area is 206 Å². The van der Waals surface area contributed by atoms with Gasteiger partial charge in [-0.2, -0.15) is 0 Å². The lowest BCUT2D eigenvalue weighted by Gasteiger charge is -2.56. The van der Waals surface area contributed by atoms with Crippen LogP contribution in [0, 0.1) is 23.2 Å². The fourth-order valence-electron chi connectivity index (χ4n) is 6.96. The molecule has 4 aliphatic rings. The van der Waals surface area contributed by atoms with Gasteiger partial charge in [0.1, 0.15) is 6.04 Å². The second kappa shape index (κ2) is 10.2. The van der Waals surface area contributed by atoms with Gasteiger partial charge in [-0.1, -0.05) is 48.5 Å². The molecule has 6 heteroatoms. The minimum atomic E-state index is -0.888. The van der Waals surface area contributed by atoms with Gasteiger partial charge in [-0.15, -0.1) is 0 Å². The van der Waals surface area contributed by atoms with Crippen LogP contribution in [0.5, 0.6) is 0 Å². The first-order chi connectivity index (χ1) is 17.0. The Hall–Kier alpha value is -3.15. The van der Waals surface area contributed by atoms with Crippen LogP contribution in [0.3, 0.4) is 0 Å². The number of hydrogen-bond donors (Lipinski definition) is 2. The number of rotatable bonds is 9. The Bertz CT molecular complexity index is 1020. The summed E-state index contributed by atoms with van der Waals surface area (Å²) in [6.45, 7) is 0.336. The predicted molar refractivity (Wildman–Crippen MR) is 132 cm³/mol. The third-order valence-corrected chi connectivity index (χ3v) is 8.08. The number of ether oxygens (including phenoxy) is 1. The molecular weight excluding hydrogens is 440 g/mol. The average Bonchev–Trinajstić information content (AvgIpc) is 2.86. The van der Waals surface area contributed by atoms with Crippen molar-refractivity contribution in [2.24, 2.45) is 23.2 Å². The van der Waals surface area contributed by atoms with Gasteiger partial charge >= 0.3 is 5.97 Å². The van der Waals surface area contributed by atoms with E-state index in [-0.39, 0.29) is 30.3 Å². The number of hydrogen-bond acceptors (Lipinski definition) is 4. The Kier molecular flexibility index (Phi) is 6.89. The first kappa shape index (κ1) is 23.6. The molecular formula is C29H34N2O4. The molecule has 4 bridgehead atoms. The highest BCUT2D eigenvalue weighted by Gasteiger charge is 2.50. The van der Waals surface area contributed by atoms with Crippen molar-refractivity contribution in [3.8, 4) is 0 Å². The molecule has 4 fully saturated rings. The van der Waals surface area contributed by atoms with Crippen molar-refractivity contribution in [3.05, 3.63) is 71.8 Å². The number of benzene rings is 2. The number of esters is 1. The molecule has 4 aliphatic carbocycles. The van der Waals surface area contributed by atoms with Gasteiger partial charge in [-0.25, -0.2) is 4.79 Å². The topological polar surface area (TPSA) is 84.5 Å². The van der Waals surface area contributed by atoms with E-state index < -0.39 is 12.0 Å². The number of carbonyl (C=O) groups is 3. The van der Waals surface area contributed by atoms with E-state index in [1.165, 1.54) is 38.5 Å². The SMILES string of the molecule is O=C(COC(=O)[C@@H](Cc1ccccc1)NC(=O)c1ccccc1)NCC12CC3CC(CC(C3)C1)C2. The summed E-state index contributed by atoms with van der Waals surface area (Å²) in [6, 6.07) is 17.3. The van der Waals surface area contributed by atoms with E-state index in [1.54, 1.807) is 24.3 Å². The van der Waals surface area contributed by atoms with E-state index in [4.69, 9.17) is 4.74 Å². The van der Waals surface area contributed by atoms with Crippen molar-refractivity contribution in [1.82, 2.24) is 10.6 Å². The fraction of sp³-hybridized carbons (Fsp3) is 0.483. The van der Waals surface area contributed by atoms with E-state index in [2.05, 4.69) is 10.6 Å². The lowest BCUT2D eigenvalue weighted by Crippen LogP contribution is -2.51. The van der Waals surface area contributed by atoms with Crippen LogP contribution in [0.4, 0.5) is 0 Å². The van der Waals surface area contributed by atoms with Crippen LogP contribution >= 0.6 is 0 Å². The number of amides is 2. The van der Waals surface area contributed by atoms with Crippen LogP contribution in [0.25, 0.3) is 0 Å². The summed E-state index contributed by atoms with van der Waals surface area (Å²) >= 11 is 0. The maximum Gasteiger partial charge on any atom is 0.329 e. The van der Waals surface area contributed by atoms with Crippen molar-refractivity contribution >= 4 is 17.8 Å². The summed E-state index contributed by atoms with van der Waals surface area (Å²) in [6.07, 6.45) is 8.01. The second-order valence-electron chi connectivity index (χ2n) is 10.9. The smallest absolute Gasteiger partial charge is 0.329 e. The second-order valence-corrected chi connectivity index (χ2v) is 10.9. The minimum absolute atomic E-state index is 0.230. The molecule has 0 radical (unpaired) electrons. The summed E-state index contributed by atoms with van der Waals surface area (Å²) in [4.78, 5) is 38.2. The molecule has 0 unspecified atom stereocenters. The van der Waals surface area contributed by atoms with Crippen molar-refractivity contribution in [2.45, 2.75) is 51.0 Å². The minimum Gasteiger partial charge on any atom is -0.454 e. The summed E-state index contributed by atoms with van der Waals surface area (Å²) < 4.78 is 5.38. The van der Waals surface area contributed by atoms with Crippen LogP contribution in [0.15, 0.2) is 60.7 Å². The first-order valence-corrected chi connectivity index (χ1v) is 12.8. The zero-order chi connectivity index (χ0) is 24.3. The molecule has 0 aliphatic heterocycles. The summed E-state index contributed by atoms with van der Waals surface area (Å²) in [5, 5.41) is 5.83. The predicted octanol–water partition coefficient (Wildman–Crippen LogP) is 3.90. The molecule has 2 N–H and O–H groups in total. The summed E-state index contributed by atoms with van der Waals surface area (Å²) in [5.74, 6) is 1.23. The number of nitrogens with one attached hydrogen (secondary N) is 2. The average molecular weight is 475 g/mol. The molecule has 2 aromatic carbocycles. The standard InChI is InChI=1S/C29H34N2O4/c32-26(30-19-29-15-21-11-22(16-29)13-23(12-21)17-29)18-35-28(34)25(14-20-7-3-1-4-8-20)31-27(33)24-9-5-2-6-10-24/h1-10,21-23,25H,11-19H2,(H,30,32)(H,31,33)/t21?,22?,23?,25-,29?/m1/s1. The summed E-state index contributed by atoms with van der Waals surface area (Å²) in [5.41, 5.74) is 1.59. The van der Waals surface area contributed by atoms with Gasteiger partial charge in [-0.05, 0) is 79.4 Å². The van der Waals surface area contributed by atoms with Gasteiger partial charge in [0.05, 0.1) is 0 Å². The summed E-state index contributed by atoms with van der Waals surface area (Å²) in [7, 11) is 0. The van der Waals surface area contributed by atoms with E-state index in [0.29, 0.717) is 12.1 Å². The van der Waals surface area contributed by atoms with E-state index >= 15 is 0 Å². The molecule has 6 rings (SSSR count). The van der Waals surface area contributed by atoms with Crippen molar-refractivity contribution in [3.63, 3.8) is 0 Å². The highest BCUT2D eigenvalue weighted by Crippen LogP contribution is 2.59. The molecule has 6 nitrogen and oxygen atoms in total. The molecule has 0 aromatic heterocycles. The molecule has 1 atom stereocenters. The largest absolute Gasteiger partial charge is 0.454 e. The van der Waals surface area contributed by atoms with Gasteiger partial charge in [-0.3, -0.25) is 9.59 Å². The van der Waals surface area contributed by atoms with Crippen LogP contribution in [0.2, 0.25) is 0 Å². The molecule has 0 saturated heterocycles. The van der Waals surface area contributed by atoms with E-state index in [1.807, 2.05) is 36.4 Å². The fourth-order valence-corrected chi connectivity index (χ4v) is 6.96. The Morgan fingerprint density at radius 2 is 1.43 bits per heavy atom. The van der Waals surface area contributed by atoms with Crippen LogP contribution < -0.4 is 10.6 Å². The lowest BCUT2D eigenvalue weighted by atomic mass is 9.49. The van der Waals surface area contributed by atoms with E-state index in [0.717, 1.165) is 23.3 Å². The van der Waals surface area contributed by atoms with Gasteiger partial charge in [0.2, 0.25) is 0 Å². The molecule has 2 amide bonds. The van der Waals surface area contributed by atoms with Gasteiger partial charge in [0.15, 0.2) is 6.61 Å². The third-order valence-electron chi connectivity index (χ3n) is 8.08. The van der Waals surface area contributed by atoms with Gasteiger partial charge < -0.3 is 15.4 Å². The molecule has 0 spiro atoms. The number of carbonyl (C=O) groups excluding carboxylic acids is 3. The highest BCUT2D eigenvalue weighted by molar-refractivity contribution is 5.97. The van der Waals surface area contributed by atoms with Crippen molar-refractivity contribution in [1.29, 1.82) is 0 Å². The molecule has 184 valence electrons. The molecule has 4 saturated carbocycles. The normalized spacial score (nSPS) is 27.1. The zero-order valence-corrected chi connectivity index (χ0v) is 20.1. The Morgan fingerprint density at radius 3 is 2.03 bits per heavy atom. The van der Waals surface area contributed by atoms with Crippen LogP contribution in [-0.4, -0.2) is 37.0 Å². The quantitative estimate of drug-likeness (QED) is 0.540. The zero-order valence-electron chi connectivity index (χ0n) is 20.1. The maximum atomic E-state index is 12.9. The molecule has 2 aromatic rings. The van der Waals surface area contributed by atoms with E-state index in [9.17, 15) is 14.4 Å². The van der Waals surface area contributed by atoms with Crippen molar-refractivity contribution in [2.75, 3.05) is 13.2 Å². The highest BCUT2D eigenvalue weighted by atomic mass is 16.5. The lowest BCUT2D eigenvalue weighted by molar-refractivity contribution is -0.150. The first-order valence-electron chi connectivity index (χ1n) is 12.8. The van der Waals surface area contributed by atoms with Gasteiger partial charge in [0.25, 0.3) is 11.8 Å². The molecule has 0 heterocycles. The Balaban J connectivity index is 1.16. The maximum absolute atomic E-state index is 12.9. The van der Waals surface area contributed by atoms with Crippen molar-refractivity contribution < 1.29 is 19.1 Å². The van der Waals surface area contributed by atoms with Crippen LogP contribution in [-0.2, 0) is 20.7 Å². The van der Waals surface area contributed by atoms with Gasteiger partial charge in [0, 0.05) is 18.5 Å². The van der Waals surface area contributed by atoms with Crippen LogP contribution in [0.1, 0.15) is 54.4 Å². The third kappa shape index (κ3) is 5.75. The molecule has 35 heavy (non-hydrogen) atoms. The Morgan fingerprint density at radius 1 is 0.857 bits per heavy atom.